The van der Waals surface area contributed by atoms with Crippen molar-refractivity contribution < 1.29 is 9.53 Å². The fraction of sp³-hybridized carbons (Fsp3) is 0.545. The summed E-state index contributed by atoms with van der Waals surface area (Å²) in [6.07, 6.45) is 4.85. The van der Waals surface area contributed by atoms with Crippen molar-refractivity contribution in [3.63, 3.8) is 0 Å². The monoisotopic (exact) mass is 229 g/mol. The highest BCUT2D eigenvalue weighted by atomic mass is 32.1. The minimum absolute atomic E-state index is 0.314. The van der Waals surface area contributed by atoms with E-state index in [-0.39, 0.29) is 11.4 Å². The van der Waals surface area contributed by atoms with E-state index >= 15 is 0 Å². The summed E-state index contributed by atoms with van der Waals surface area (Å²) in [7, 11) is 0. The zero-order valence-corrected chi connectivity index (χ0v) is 10.2. The third-order valence-corrected chi connectivity index (χ3v) is 2.01. The second-order valence-corrected chi connectivity index (χ2v) is 3.75. The van der Waals surface area contributed by atoms with Gasteiger partial charge in [0.25, 0.3) is 0 Å². The summed E-state index contributed by atoms with van der Waals surface area (Å²) in [6.45, 7) is 8.02. The van der Waals surface area contributed by atoms with Gasteiger partial charge in [-0.15, -0.1) is 19.2 Å². The second-order valence-electron chi connectivity index (χ2n) is 3.18. The Labute approximate surface area is 97.0 Å². The Morgan fingerprint density at radius 3 is 2.87 bits per heavy atom. The van der Waals surface area contributed by atoms with Crippen molar-refractivity contribution in [2.75, 3.05) is 6.54 Å². The van der Waals surface area contributed by atoms with Gasteiger partial charge in [-0.1, -0.05) is 19.4 Å². The molecule has 1 N–H and O–H groups in total. The third-order valence-electron chi connectivity index (χ3n) is 1.65. The molecule has 1 unspecified atom stereocenters. The topological polar surface area (TPSA) is 38.3 Å². The zero-order chi connectivity index (χ0) is 11.7. The lowest BCUT2D eigenvalue weighted by atomic mass is 10.3. The Kier molecular flexibility index (Phi) is 7.91. The Bertz CT molecular complexity index is 239. The Morgan fingerprint density at radius 2 is 2.33 bits per heavy atom. The minimum atomic E-state index is -0.363. The van der Waals surface area contributed by atoms with Crippen LogP contribution in [0.2, 0.25) is 0 Å². The van der Waals surface area contributed by atoms with Gasteiger partial charge < -0.3 is 10.1 Å². The third kappa shape index (κ3) is 8.12. The van der Waals surface area contributed by atoms with Gasteiger partial charge in [-0.25, -0.2) is 4.79 Å². The van der Waals surface area contributed by atoms with Crippen LogP contribution in [0, 0.1) is 0 Å². The molecule has 0 aromatic heterocycles. The van der Waals surface area contributed by atoms with Crippen LogP contribution in [-0.2, 0) is 9.53 Å². The van der Waals surface area contributed by atoms with Crippen LogP contribution in [0.25, 0.3) is 0 Å². The number of ether oxygens (including phenoxy) is 1. The van der Waals surface area contributed by atoms with Crippen LogP contribution in [0.15, 0.2) is 24.4 Å². The highest BCUT2D eigenvalue weighted by Gasteiger charge is 2.06. The predicted octanol–water partition coefficient (Wildman–Crippen LogP) is 2.27. The van der Waals surface area contributed by atoms with Gasteiger partial charge in [0, 0.05) is 18.3 Å². The van der Waals surface area contributed by atoms with E-state index in [4.69, 9.17) is 4.74 Å². The second kappa shape index (κ2) is 8.41. The van der Waals surface area contributed by atoms with Crippen molar-refractivity contribution in [2.24, 2.45) is 0 Å². The Balaban J connectivity index is 3.94. The largest absolute Gasteiger partial charge is 0.448 e. The van der Waals surface area contributed by atoms with Crippen molar-refractivity contribution in [2.45, 2.75) is 32.1 Å². The molecule has 0 amide bonds. The molecule has 0 radical (unpaired) electrons. The standard InChI is InChI=1S/C11H19NO2S/c1-4-6-11(15)14-10(13)8-9(3)12-7-5-2/h5,8,11-12,15H,2,4,6-7H2,1,3H3. The molecule has 0 rings (SSSR count). The Hall–Kier alpha value is -0.900. The quantitative estimate of drug-likeness (QED) is 0.231. The SMILES string of the molecule is C=CCNC(C)=CC(=O)OC(S)CCC. The zero-order valence-electron chi connectivity index (χ0n) is 9.32. The molecule has 0 aliphatic heterocycles. The first-order chi connectivity index (χ1) is 7.10. The van der Waals surface area contributed by atoms with Crippen LogP contribution in [0.1, 0.15) is 26.7 Å². The van der Waals surface area contributed by atoms with E-state index in [1.54, 1.807) is 13.0 Å². The fourth-order valence-corrected chi connectivity index (χ4v) is 1.30. The van der Waals surface area contributed by atoms with E-state index in [0.29, 0.717) is 6.54 Å². The number of carbonyl (C=O) groups is 1. The summed E-state index contributed by atoms with van der Waals surface area (Å²) in [4.78, 5) is 11.3. The molecule has 0 heterocycles. The number of thiol groups is 1. The lowest BCUT2D eigenvalue weighted by Crippen LogP contribution is -2.15. The maximum atomic E-state index is 11.3. The van der Waals surface area contributed by atoms with Gasteiger partial charge in [-0.3, -0.25) is 0 Å². The van der Waals surface area contributed by atoms with E-state index in [9.17, 15) is 4.79 Å². The summed E-state index contributed by atoms with van der Waals surface area (Å²) in [6, 6.07) is 0. The molecule has 0 spiro atoms. The van der Waals surface area contributed by atoms with Gasteiger partial charge in [-0.2, -0.15) is 0 Å². The molecule has 86 valence electrons. The number of esters is 1. The van der Waals surface area contributed by atoms with Gasteiger partial charge in [0.2, 0.25) is 0 Å². The smallest absolute Gasteiger partial charge is 0.333 e. The molecule has 0 bridgehead atoms. The number of nitrogens with one attached hydrogen (secondary N) is 1. The average Bonchev–Trinajstić information content (AvgIpc) is 2.14. The van der Waals surface area contributed by atoms with E-state index in [1.165, 1.54) is 6.08 Å². The lowest BCUT2D eigenvalue weighted by molar-refractivity contribution is -0.139. The summed E-state index contributed by atoms with van der Waals surface area (Å²) in [5.74, 6) is -0.363. The predicted molar refractivity (Wildman–Crippen MR) is 65.7 cm³/mol. The number of hydrogen-bond acceptors (Lipinski definition) is 4. The molecular formula is C11H19NO2S. The minimum Gasteiger partial charge on any atom is -0.448 e. The van der Waals surface area contributed by atoms with Gasteiger partial charge >= 0.3 is 5.97 Å². The van der Waals surface area contributed by atoms with E-state index in [1.807, 2.05) is 6.92 Å². The first-order valence-corrected chi connectivity index (χ1v) is 5.53. The molecule has 3 nitrogen and oxygen atoms in total. The van der Waals surface area contributed by atoms with Crippen molar-refractivity contribution in [3.05, 3.63) is 24.4 Å². The van der Waals surface area contributed by atoms with Gasteiger partial charge in [0.05, 0.1) is 0 Å². The average molecular weight is 229 g/mol. The van der Waals surface area contributed by atoms with Crippen molar-refractivity contribution in [1.29, 1.82) is 0 Å². The first-order valence-electron chi connectivity index (χ1n) is 5.01. The molecule has 0 saturated carbocycles. The molecule has 0 aromatic rings. The van der Waals surface area contributed by atoms with E-state index in [2.05, 4.69) is 24.5 Å². The number of carbonyl (C=O) groups excluding carboxylic acids is 1. The summed E-state index contributed by atoms with van der Waals surface area (Å²) >= 11 is 4.13. The van der Waals surface area contributed by atoms with Crippen LogP contribution < -0.4 is 5.32 Å². The van der Waals surface area contributed by atoms with Gasteiger partial charge in [0.15, 0.2) is 0 Å². The highest BCUT2D eigenvalue weighted by Crippen LogP contribution is 2.06. The number of hydrogen-bond donors (Lipinski definition) is 2. The molecule has 0 aliphatic rings. The normalized spacial score (nSPS) is 13.1. The molecule has 0 fully saturated rings. The Morgan fingerprint density at radius 1 is 1.67 bits per heavy atom. The molecule has 0 saturated heterocycles. The molecule has 15 heavy (non-hydrogen) atoms. The summed E-state index contributed by atoms with van der Waals surface area (Å²) in [5, 5.41) is 2.99. The van der Waals surface area contributed by atoms with Crippen LogP contribution in [0.5, 0.6) is 0 Å². The maximum absolute atomic E-state index is 11.3. The van der Waals surface area contributed by atoms with Gasteiger partial charge in [0.1, 0.15) is 5.44 Å². The van der Waals surface area contributed by atoms with Crippen LogP contribution in [0.4, 0.5) is 0 Å². The molecule has 0 aromatic carbocycles. The summed E-state index contributed by atoms with van der Waals surface area (Å²) < 4.78 is 5.02. The van der Waals surface area contributed by atoms with Crippen LogP contribution in [0.3, 0.4) is 0 Å². The van der Waals surface area contributed by atoms with Crippen LogP contribution in [-0.4, -0.2) is 18.0 Å². The fourth-order valence-electron chi connectivity index (χ4n) is 0.935. The van der Waals surface area contributed by atoms with Crippen molar-refractivity contribution >= 4 is 18.6 Å². The number of rotatable bonds is 7. The lowest BCUT2D eigenvalue weighted by Gasteiger charge is -2.10. The number of allylic oxidation sites excluding steroid dienone is 1. The first kappa shape index (κ1) is 14.1. The highest BCUT2D eigenvalue weighted by molar-refractivity contribution is 7.80. The molecule has 4 heteroatoms. The molecule has 1 atom stereocenters. The molecular weight excluding hydrogens is 210 g/mol. The molecule has 0 aliphatic carbocycles. The van der Waals surface area contributed by atoms with Crippen molar-refractivity contribution in [3.8, 4) is 0 Å². The van der Waals surface area contributed by atoms with Crippen molar-refractivity contribution in [1.82, 2.24) is 5.32 Å². The van der Waals surface area contributed by atoms with E-state index < -0.39 is 0 Å². The summed E-state index contributed by atoms with van der Waals surface area (Å²) in [5.41, 5.74) is 0.447. The van der Waals surface area contributed by atoms with Gasteiger partial charge in [-0.05, 0) is 13.3 Å². The van der Waals surface area contributed by atoms with Crippen LogP contribution >= 0.6 is 12.6 Å². The van der Waals surface area contributed by atoms with E-state index in [0.717, 1.165) is 18.5 Å². The maximum Gasteiger partial charge on any atom is 0.333 e.